The lowest BCUT2D eigenvalue weighted by Crippen LogP contribution is -2.57. The van der Waals surface area contributed by atoms with Crippen molar-refractivity contribution in [1.82, 2.24) is 21.3 Å². The van der Waals surface area contributed by atoms with Crippen LogP contribution in [0, 0.1) is 28.6 Å². The van der Waals surface area contributed by atoms with Crippen LogP contribution in [0.15, 0.2) is 54.6 Å². The Morgan fingerprint density at radius 1 is 0.736 bits per heavy atom. The van der Waals surface area contributed by atoms with Gasteiger partial charge < -0.3 is 37.8 Å². The number of nitrogens with one attached hydrogen (secondary N) is 6. The van der Waals surface area contributed by atoms with Crippen molar-refractivity contribution >= 4 is 35.5 Å². The number of nitrogen functional groups attached to an aromatic ring is 1. The van der Waals surface area contributed by atoms with Crippen LogP contribution in [0.25, 0.3) is 0 Å². The van der Waals surface area contributed by atoms with Crippen LogP contribution in [0.2, 0.25) is 0 Å². The van der Waals surface area contributed by atoms with Gasteiger partial charge in [-0.25, -0.2) is 0 Å². The third kappa shape index (κ3) is 15.7. The summed E-state index contributed by atoms with van der Waals surface area (Å²) in [5, 5.41) is 34.6. The standard InChI is InChI=1S/C38H56N8O3.C2H4O2/c39-34(40)30-20-18-27(19-21-30)25-31(28-13-6-2-7-14-28)35(47)46-33(29-15-8-3-9-16-29)37(49)45-32(17-10-23-44-38(41)42)36(48)43-24-22-26-11-4-1-5-12-26;1-2(3)4/h1,4-5,11-12,18-21,28-29,31-33H,2-3,6-10,13-17,22-25H2,(H3,39,40)(H,43,48)(H,45,49)(H,46,47)(H4,41,42,44);1H3,(H,3,4). The van der Waals surface area contributed by atoms with Crippen molar-refractivity contribution in [2.24, 2.45) is 29.2 Å². The van der Waals surface area contributed by atoms with Gasteiger partial charge in [-0.1, -0.05) is 93.1 Å². The summed E-state index contributed by atoms with van der Waals surface area (Å²) in [6, 6.07) is 15.9. The van der Waals surface area contributed by atoms with E-state index in [1.807, 2.05) is 54.6 Å². The van der Waals surface area contributed by atoms with Crippen molar-refractivity contribution in [3.8, 4) is 0 Å². The van der Waals surface area contributed by atoms with Crippen LogP contribution in [-0.4, -0.2) is 65.8 Å². The minimum Gasteiger partial charge on any atom is -0.481 e. The van der Waals surface area contributed by atoms with E-state index in [1.165, 1.54) is 6.42 Å². The fraction of sp³-hybridized carbons (Fsp3) is 0.550. The molecule has 13 heteroatoms. The zero-order valence-corrected chi connectivity index (χ0v) is 31.1. The Balaban J connectivity index is 0.00000180. The summed E-state index contributed by atoms with van der Waals surface area (Å²) in [6.45, 7) is 1.92. The van der Waals surface area contributed by atoms with Crippen LogP contribution in [0.3, 0.4) is 0 Å². The SMILES string of the molecule is CC(=O)O.N=C(N)NCCCC(NC(=O)C(NC(=O)C(Cc1ccc(C(=N)N)cc1)C1CCCCC1)C1CCCCC1)C(=O)NCCc1ccccc1. The van der Waals surface area contributed by atoms with E-state index >= 15 is 0 Å². The summed E-state index contributed by atoms with van der Waals surface area (Å²) >= 11 is 0. The van der Waals surface area contributed by atoms with Gasteiger partial charge in [-0.3, -0.25) is 30.0 Å². The first-order valence-electron chi connectivity index (χ1n) is 19.1. The zero-order chi connectivity index (χ0) is 38.6. The summed E-state index contributed by atoms with van der Waals surface area (Å²) in [6.07, 6.45) is 12.2. The molecule has 0 bridgehead atoms. The molecule has 53 heavy (non-hydrogen) atoms. The highest BCUT2D eigenvalue weighted by atomic mass is 16.4. The minimum atomic E-state index is -0.833. The first-order chi connectivity index (χ1) is 25.4. The summed E-state index contributed by atoms with van der Waals surface area (Å²) in [4.78, 5) is 50.9. The highest BCUT2D eigenvalue weighted by molar-refractivity contribution is 5.95. The van der Waals surface area contributed by atoms with Crippen LogP contribution < -0.4 is 32.7 Å². The van der Waals surface area contributed by atoms with E-state index in [0.717, 1.165) is 75.8 Å². The molecule has 13 nitrogen and oxygen atoms in total. The van der Waals surface area contributed by atoms with Gasteiger partial charge in [0, 0.05) is 31.5 Å². The van der Waals surface area contributed by atoms with Crippen LogP contribution >= 0.6 is 0 Å². The van der Waals surface area contributed by atoms with E-state index in [0.29, 0.717) is 44.3 Å². The smallest absolute Gasteiger partial charge is 0.300 e. The van der Waals surface area contributed by atoms with Gasteiger partial charge in [0.05, 0.1) is 0 Å². The Labute approximate surface area is 313 Å². The second-order valence-corrected chi connectivity index (χ2v) is 14.3. The van der Waals surface area contributed by atoms with Crippen molar-refractivity contribution in [3.63, 3.8) is 0 Å². The van der Waals surface area contributed by atoms with E-state index in [1.54, 1.807) is 0 Å². The van der Waals surface area contributed by atoms with Crippen LogP contribution in [0.5, 0.6) is 0 Å². The summed E-state index contributed by atoms with van der Waals surface area (Å²) in [5.41, 5.74) is 13.9. The number of carbonyl (C=O) groups excluding carboxylic acids is 3. The quantitative estimate of drug-likeness (QED) is 0.0654. The lowest BCUT2D eigenvalue weighted by molar-refractivity contribution is -0.135. The van der Waals surface area contributed by atoms with Crippen LogP contribution in [0.4, 0.5) is 0 Å². The molecule has 4 rings (SSSR count). The molecular formula is C40H60N8O5. The van der Waals surface area contributed by atoms with Gasteiger partial charge in [-0.15, -0.1) is 0 Å². The van der Waals surface area contributed by atoms with Gasteiger partial charge in [0.1, 0.15) is 17.9 Å². The molecule has 2 fully saturated rings. The molecular weight excluding hydrogens is 672 g/mol. The van der Waals surface area contributed by atoms with Gasteiger partial charge >= 0.3 is 0 Å². The minimum absolute atomic E-state index is 0.00718. The number of hydrogen-bond acceptors (Lipinski definition) is 6. The monoisotopic (exact) mass is 732 g/mol. The van der Waals surface area contributed by atoms with Crippen molar-refractivity contribution < 1.29 is 24.3 Å². The summed E-state index contributed by atoms with van der Waals surface area (Å²) in [5.74, 6) is -1.76. The van der Waals surface area contributed by atoms with Gasteiger partial charge in [0.15, 0.2) is 5.96 Å². The highest BCUT2D eigenvalue weighted by Gasteiger charge is 2.37. The second kappa shape index (κ2) is 22.9. The van der Waals surface area contributed by atoms with Crippen molar-refractivity contribution in [2.45, 2.75) is 109 Å². The van der Waals surface area contributed by atoms with Gasteiger partial charge in [-0.2, -0.15) is 0 Å². The zero-order valence-electron chi connectivity index (χ0n) is 31.1. The van der Waals surface area contributed by atoms with E-state index in [4.69, 9.17) is 32.2 Å². The molecule has 3 unspecified atom stereocenters. The predicted molar refractivity (Wildman–Crippen MR) is 207 cm³/mol. The number of rotatable bonds is 17. The third-order valence-electron chi connectivity index (χ3n) is 10.2. The number of benzene rings is 2. The molecule has 2 aliphatic carbocycles. The number of amides is 3. The maximum Gasteiger partial charge on any atom is 0.300 e. The fourth-order valence-corrected chi connectivity index (χ4v) is 7.37. The molecule has 0 saturated heterocycles. The largest absolute Gasteiger partial charge is 0.481 e. The number of amidine groups is 1. The van der Waals surface area contributed by atoms with Crippen molar-refractivity contribution in [2.75, 3.05) is 13.1 Å². The lowest BCUT2D eigenvalue weighted by Gasteiger charge is -2.34. The molecule has 2 aliphatic rings. The molecule has 0 radical (unpaired) electrons. The predicted octanol–water partition coefficient (Wildman–Crippen LogP) is 3.97. The van der Waals surface area contributed by atoms with E-state index in [-0.39, 0.29) is 47.3 Å². The molecule has 0 aliphatic heterocycles. The molecule has 0 heterocycles. The average Bonchev–Trinajstić information content (AvgIpc) is 3.14. The third-order valence-corrected chi connectivity index (χ3v) is 10.2. The van der Waals surface area contributed by atoms with Gasteiger partial charge in [0.25, 0.3) is 5.97 Å². The van der Waals surface area contributed by atoms with E-state index in [9.17, 15) is 14.4 Å². The molecule has 2 aromatic rings. The Hall–Kier alpha value is -4.94. The number of hydrogen-bond donors (Lipinski definition) is 9. The Kier molecular flexibility index (Phi) is 18.3. The second-order valence-electron chi connectivity index (χ2n) is 14.3. The van der Waals surface area contributed by atoms with Crippen LogP contribution in [-0.2, 0) is 32.0 Å². The van der Waals surface area contributed by atoms with Gasteiger partial charge in [0.2, 0.25) is 17.7 Å². The Bertz CT molecular complexity index is 1470. The number of nitrogens with two attached hydrogens (primary N) is 2. The number of carboxylic acid groups (broad SMARTS) is 1. The van der Waals surface area contributed by atoms with Gasteiger partial charge in [-0.05, 0) is 74.3 Å². The normalized spacial score (nSPS) is 16.4. The molecule has 0 aromatic heterocycles. The highest BCUT2D eigenvalue weighted by Crippen LogP contribution is 2.33. The number of carboxylic acids is 1. The maximum absolute atomic E-state index is 14.3. The van der Waals surface area contributed by atoms with Crippen LogP contribution in [0.1, 0.15) is 101 Å². The average molecular weight is 733 g/mol. The molecule has 2 saturated carbocycles. The van der Waals surface area contributed by atoms with E-state index in [2.05, 4.69) is 21.3 Å². The number of carbonyl (C=O) groups is 4. The summed E-state index contributed by atoms with van der Waals surface area (Å²) < 4.78 is 0. The van der Waals surface area contributed by atoms with Crippen molar-refractivity contribution in [3.05, 3.63) is 71.3 Å². The Morgan fingerprint density at radius 3 is 1.89 bits per heavy atom. The summed E-state index contributed by atoms with van der Waals surface area (Å²) in [7, 11) is 0. The molecule has 290 valence electrons. The molecule has 3 atom stereocenters. The molecule has 3 amide bonds. The Morgan fingerprint density at radius 2 is 1.32 bits per heavy atom. The topological polar surface area (TPSA) is 236 Å². The fourth-order valence-electron chi connectivity index (χ4n) is 7.37. The molecule has 11 N–H and O–H groups in total. The van der Waals surface area contributed by atoms with E-state index < -0.39 is 18.1 Å². The lowest BCUT2D eigenvalue weighted by atomic mass is 9.76. The first-order valence-corrected chi connectivity index (χ1v) is 19.1. The number of guanidine groups is 1. The number of aliphatic carboxylic acids is 1. The molecule has 2 aromatic carbocycles. The molecule has 0 spiro atoms. The maximum atomic E-state index is 14.3. The first kappa shape index (κ1) is 42.5. The van der Waals surface area contributed by atoms with Crippen molar-refractivity contribution in [1.29, 1.82) is 10.8 Å².